The fourth-order valence-corrected chi connectivity index (χ4v) is 3.49. The molecule has 1 fully saturated rings. The topological polar surface area (TPSA) is 105 Å². The molecule has 4 N–H and O–H groups in total. The van der Waals surface area contributed by atoms with Gasteiger partial charge in [-0.15, -0.1) is 0 Å². The quantitative estimate of drug-likeness (QED) is 0.646. The van der Waals surface area contributed by atoms with Crippen molar-refractivity contribution < 1.29 is 18.8 Å². The van der Waals surface area contributed by atoms with Gasteiger partial charge in [0.25, 0.3) is 5.91 Å². The minimum absolute atomic E-state index is 0.0289. The van der Waals surface area contributed by atoms with Crippen molar-refractivity contribution in [2.75, 3.05) is 25.0 Å². The largest absolute Gasteiger partial charge is 0.366 e. The Morgan fingerprint density at radius 2 is 1.70 bits per heavy atom. The molecule has 3 rings (SSSR count). The number of para-hydroxylation sites is 1. The van der Waals surface area contributed by atoms with E-state index in [1.807, 2.05) is 4.90 Å². The van der Waals surface area contributed by atoms with Crippen LogP contribution in [0.1, 0.15) is 28.8 Å². The van der Waals surface area contributed by atoms with Gasteiger partial charge in [0.2, 0.25) is 11.8 Å². The molecule has 3 amide bonds. The molecule has 1 aliphatic heterocycles. The summed E-state index contributed by atoms with van der Waals surface area (Å²) in [7, 11) is 0. The number of nitrogens with zero attached hydrogens (tertiary/aromatic N) is 1. The Morgan fingerprint density at radius 1 is 1.03 bits per heavy atom. The van der Waals surface area contributed by atoms with E-state index in [4.69, 9.17) is 5.73 Å². The third kappa shape index (κ3) is 5.87. The highest BCUT2D eigenvalue weighted by Crippen LogP contribution is 2.18. The average molecular weight is 412 g/mol. The first-order chi connectivity index (χ1) is 14.4. The summed E-state index contributed by atoms with van der Waals surface area (Å²) in [4.78, 5) is 38.2. The summed E-state index contributed by atoms with van der Waals surface area (Å²) in [5.74, 6) is -1.28. The second kappa shape index (κ2) is 9.98. The Kier molecular flexibility index (Phi) is 7.13. The van der Waals surface area contributed by atoms with Gasteiger partial charge >= 0.3 is 0 Å². The maximum atomic E-state index is 12.9. The van der Waals surface area contributed by atoms with Gasteiger partial charge in [0, 0.05) is 12.5 Å². The molecule has 0 bridgehead atoms. The molecule has 158 valence electrons. The van der Waals surface area contributed by atoms with Crippen molar-refractivity contribution in [3.05, 3.63) is 65.5 Å². The fraction of sp³-hybridized carbons (Fsp3) is 0.318. The zero-order valence-corrected chi connectivity index (χ0v) is 16.6. The van der Waals surface area contributed by atoms with E-state index in [0.29, 0.717) is 38.2 Å². The lowest BCUT2D eigenvalue weighted by Gasteiger charge is -2.30. The lowest BCUT2D eigenvalue weighted by atomic mass is 9.96. The molecular formula is C22H25FN4O3. The van der Waals surface area contributed by atoms with E-state index < -0.39 is 5.91 Å². The number of nitrogens with one attached hydrogen (secondary N) is 2. The Balaban J connectivity index is 1.43. The maximum Gasteiger partial charge on any atom is 0.250 e. The Morgan fingerprint density at radius 3 is 2.37 bits per heavy atom. The van der Waals surface area contributed by atoms with E-state index in [-0.39, 0.29) is 35.7 Å². The van der Waals surface area contributed by atoms with Gasteiger partial charge in [-0.3, -0.25) is 19.3 Å². The van der Waals surface area contributed by atoms with Gasteiger partial charge in [-0.25, -0.2) is 4.39 Å². The number of nitrogens with two attached hydrogens (primary N) is 1. The van der Waals surface area contributed by atoms with Gasteiger partial charge in [-0.1, -0.05) is 24.3 Å². The number of primary amides is 1. The van der Waals surface area contributed by atoms with E-state index >= 15 is 0 Å². The number of anilines is 1. The van der Waals surface area contributed by atoms with Crippen molar-refractivity contribution in [1.82, 2.24) is 10.2 Å². The van der Waals surface area contributed by atoms with Crippen LogP contribution >= 0.6 is 0 Å². The molecular weight excluding hydrogens is 387 g/mol. The first-order valence-corrected chi connectivity index (χ1v) is 9.85. The van der Waals surface area contributed by atoms with Gasteiger partial charge in [0.05, 0.1) is 17.8 Å². The fourth-order valence-electron chi connectivity index (χ4n) is 3.49. The predicted molar refractivity (Wildman–Crippen MR) is 111 cm³/mol. The molecule has 0 aliphatic carbocycles. The van der Waals surface area contributed by atoms with Gasteiger partial charge in [-0.2, -0.15) is 0 Å². The van der Waals surface area contributed by atoms with Crippen LogP contribution < -0.4 is 16.4 Å². The zero-order chi connectivity index (χ0) is 21.5. The first kappa shape index (κ1) is 21.4. The monoisotopic (exact) mass is 412 g/mol. The molecule has 0 saturated carbocycles. The van der Waals surface area contributed by atoms with E-state index in [0.717, 1.165) is 5.56 Å². The third-order valence-corrected chi connectivity index (χ3v) is 5.17. The number of hydrogen-bond acceptors (Lipinski definition) is 4. The summed E-state index contributed by atoms with van der Waals surface area (Å²) in [6, 6.07) is 12.6. The van der Waals surface area contributed by atoms with Crippen molar-refractivity contribution in [2.45, 2.75) is 19.4 Å². The third-order valence-electron chi connectivity index (χ3n) is 5.17. The van der Waals surface area contributed by atoms with Crippen molar-refractivity contribution in [2.24, 2.45) is 11.7 Å². The van der Waals surface area contributed by atoms with Crippen LogP contribution in [0.15, 0.2) is 48.5 Å². The van der Waals surface area contributed by atoms with Crippen LogP contribution in [0.25, 0.3) is 0 Å². The molecule has 2 aromatic rings. The van der Waals surface area contributed by atoms with Crippen LogP contribution in [0.4, 0.5) is 10.1 Å². The smallest absolute Gasteiger partial charge is 0.250 e. The highest BCUT2D eigenvalue weighted by molar-refractivity contribution is 6.03. The Bertz CT molecular complexity index is 909. The van der Waals surface area contributed by atoms with Gasteiger partial charge in [0.15, 0.2) is 0 Å². The highest BCUT2D eigenvalue weighted by atomic mass is 19.1. The summed E-state index contributed by atoms with van der Waals surface area (Å²) in [5.41, 5.74) is 6.83. The lowest BCUT2D eigenvalue weighted by molar-refractivity contribution is -0.126. The normalized spacial score (nSPS) is 14.8. The summed E-state index contributed by atoms with van der Waals surface area (Å²) in [5, 5.41) is 5.62. The Hall–Kier alpha value is -3.26. The molecule has 0 aromatic heterocycles. The number of halogens is 1. The SMILES string of the molecule is NC(=O)c1ccccc1NC(=O)CN1CCC(C(=O)NCc2ccc(F)cc2)CC1. The summed E-state index contributed by atoms with van der Waals surface area (Å²) in [6.45, 7) is 1.79. The van der Waals surface area contributed by atoms with Crippen molar-refractivity contribution >= 4 is 23.4 Å². The van der Waals surface area contributed by atoms with E-state index in [1.54, 1.807) is 36.4 Å². The molecule has 0 radical (unpaired) electrons. The van der Waals surface area contributed by atoms with Crippen LogP contribution in [-0.4, -0.2) is 42.3 Å². The number of benzene rings is 2. The molecule has 0 atom stereocenters. The second-order valence-corrected chi connectivity index (χ2v) is 7.35. The number of rotatable bonds is 7. The maximum absolute atomic E-state index is 12.9. The van der Waals surface area contributed by atoms with E-state index in [9.17, 15) is 18.8 Å². The highest BCUT2D eigenvalue weighted by Gasteiger charge is 2.26. The van der Waals surface area contributed by atoms with Gasteiger partial charge < -0.3 is 16.4 Å². The molecule has 7 nitrogen and oxygen atoms in total. The number of likely N-dealkylation sites (tertiary alicyclic amines) is 1. The summed E-state index contributed by atoms with van der Waals surface area (Å²) < 4.78 is 12.9. The number of carbonyl (C=O) groups excluding carboxylic acids is 3. The van der Waals surface area contributed by atoms with Crippen LogP contribution in [-0.2, 0) is 16.1 Å². The zero-order valence-electron chi connectivity index (χ0n) is 16.6. The number of hydrogen-bond donors (Lipinski definition) is 3. The molecule has 1 heterocycles. The van der Waals surface area contributed by atoms with Crippen LogP contribution in [0, 0.1) is 11.7 Å². The molecule has 0 spiro atoms. The minimum atomic E-state index is -0.599. The van der Waals surface area contributed by atoms with Crippen molar-refractivity contribution in [1.29, 1.82) is 0 Å². The molecule has 2 aromatic carbocycles. The lowest BCUT2D eigenvalue weighted by Crippen LogP contribution is -2.43. The first-order valence-electron chi connectivity index (χ1n) is 9.85. The standard InChI is InChI=1S/C22H25FN4O3/c23-17-7-5-15(6-8-17)13-25-22(30)16-9-11-27(12-10-16)14-20(28)26-19-4-2-1-3-18(19)21(24)29/h1-8,16H,9-14H2,(H2,24,29)(H,25,30)(H,26,28). The van der Waals surface area contributed by atoms with E-state index in [2.05, 4.69) is 10.6 Å². The summed E-state index contributed by atoms with van der Waals surface area (Å²) >= 11 is 0. The molecule has 1 aliphatic rings. The summed E-state index contributed by atoms with van der Waals surface area (Å²) in [6.07, 6.45) is 1.31. The number of carbonyl (C=O) groups is 3. The van der Waals surface area contributed by atoms with Crippen LogP contribution in [0.3, 0.4) is 0 Å². The molecule has 1 saturated heterocycles. The van der Waals surface area contributed by atoms with Gasteiger partial charge in [0.1, 0.15) is 5.82 Å². The van der Waals surface area contributed by atoms with Crippen LogP contribution in [0.2, 0.25) is 0 Å². The average Bonchev–Trinajstić information content (AvgIpc) is 2.74. The van der Waals surface area contributed by atoms with Crippen molar-refractivity contribution in [3.63, 3.8) is 0 Å². The molecule has 8 heteroatoms. The van der Waals surface area contributed by atoms with Gasteiger partial charge in [-0.05, 0) is 55.8 Å². The number of amides is 3. The minimum Gasteiger partial charge on any atom is -0.366 e. The van der Waals surface area contributed by atoms with E-state index in [1.165, 1.54) is 12.1 Å². The number of piperidine rings is 1. The predicted octanol–water partition coefficient (Wildman–Crippen LogP) is 1.89. The van der Waals surface area contributed by atoms with Crippen LogP contribution in [0.5, 0.6) is 0 Å². The molecule has 30 heavy (non-hydrogen) atoms. The Labute approximate surface area is 174 Å². The second-order valence-electron chi connectivity index (χ2n) is 7.35. The van der Waals surface area contributed by atoms with Crippen molar-refractivity contribution in [3.8, 4) is 0 Å². The molecule has 0 unspecified atom stereocenters.